The molecule has 0 unspecified atom stereocenters. The van der Waals surface area contributed by atoms with Gasteiger partial charge in [-0.3, -0.25) is 15.7 Å². The van der Waals surface area contributed by atoms with Crippen LogP contribution in [-0.4, -0.2) is 10.2 Å². The predicted molar refractivity (Wildman–Crippen MR) is 47.2 cm³/mol. The SMILES string of the molecule is ONc1cccc2cnccc12. The third-order valence-electron chi connectivity index (χ3n) is 1.80. The van der Waals surface area contributed by atoms with Crippen molar-refractivity contribution in [3.05, 3.63) is 36.7 Å². The molecule has 60 valence electrons. The first-order valence-corrected chi connectivity index (χ1v) is 3.64. The molecule has 3 heteroatoms. The Balaban J connectivity index is 2.79. The molecule has 0 saturated heterocycles. The summed E-state index contributed by atoms with van der Waals surface area (Å²) in [6.45, 7) is 0. The number of fused-ring (bicyclic) bond motifs is 1. The number of hydrogen-bond acceptors (Lipinski definition) is 3. The molecule has 0 aliphatic heterocycles. The maximum absolute atomic E-state index is 8.77. The monoisotopic (exact) mass is 160 g/mol. The highest BCUT2D eigenvalue weighted by Gasteiger charge is 1.96. The summed E-state index contributed by atoms with van der Waals surface area (Å²) in [5.74, 6) is 0. The van der Waals surface area contributed by atoms with Crippen LogP contribution in [-0.2, 0) is 0 Å². The van der Waals surface area contributed by atoms with E-state index in [9.17, 15) is 0 Å². The van der Waals surface area contributed by atoms with E-state index in [1.807, 2.05) is 24.3 Å². The Labute approximate surface area is 69.6 Å². The molecule has 0 amide bonds. The molecular formula is C9H8N2O. The first-order valence-electron chi connectivity index (χ1n) is 3.64. The summed E-state index contributed by atoms with van der Waals surface area (Å²) < 4.78 is 0. The summed E-state index contributed by atoms with van der Waals surface area (Å²) in [7, 11) is 0. The van der Waals surface area contributed by atoms with Crippen molar-refractivity contribution in [2.45, 2.75) is 0 Å². The minimum absolute atomic E-state index is 0.704. The number of nitrogens with zero attached hydrogens (tertiary/aromatic N) is 1. The molecule has 3 nitrogen and oxygen atoms in total. The third kappa shape index (κ3) is 1.00. The smallest absolute Gasteiger partial charge is 0.0681 e. The van der Waals surface area contributed by atoms with Gasteiger partial charge in [0.05, 0.1) is 5.69 Å². The first-order chi connectivity index (χ1) is 5.92. The second kappa shape index (κ2) is 2.79. The van der Waals surface area contributed by atoms with Gasteiger partial charge < -0.3 is 0 Å². The molecule has 0 bridgehead atoms. The van der Waals surface area contributed by atoms with Crippen LogP contribution in [0.25, 0.3) is 10.8 Å². The van der Waals surface area contributed by atoms with E-state index < -0.39 is 0 Å². The van der Waals surface area contributed by atoms with Gasteiger partial charge in [-0.2, -0.15) is 0 Å². The second-order valence-electron chi connectivity index (χ2n) is 2.51. The van der Waals surface area contributed by atoms with Crippen molar-refractivity contribution in [1.82, 2.24) is 4.98 Å². The summed E-state index contributed by atoms with van der Waals surface area (Å²) >= 11 is 0. The number of hydrogen-bond donors (Lipinski definition) is 2. The van der Waals surface area contributed by atoms with E-state index in [0.717, 1.165) is 10.8 Å². The Morgan fingerprint density at radius 3 is 3.00 bits per heavy atom. The molecule has 0 fully saturated rings. The lowest BCUT2D eigenvalue weighted by atomic mass is 10.1. The van der Waals surface area contributed by atoms with E-state index in [1.165, 1.54) is 0 Å². The van der Waals surface area contributed by atoms with Gasteiger partial charge in [0.25, 0.3) is 0 Å². The Hall–Kier alpha value is -1.61. The molecule has 1 heterocycles. The molecule has 0 atom stereocenters. The van der Waals surface area contributed by atoms with Gasteiger partial charge in [0, 0.05) is 23.2 Å². The molecule has 0 aliphatic rings. The summed E-state index contributed by atoms with van der Waals surface area (Å²) in [5, 5.41) is 10.7. The Kier molecular flexibility index (Phi) is 1.64. The van der Waals surface area contributed by atoms with E-state index >= 15 is 0 Å². The molecule has 0 aliphatic carbocycles. The zero-order valence-corrected chi connectivity index (χ0v) is 6.36. The van der Waals surface area contributed by atoms with Gasteiger partial charge in [-0.05, 0) is 12.1 Å². The van der Waals surface area contributed by atoms with E-state index in [-0.39, 0.29) is 0 Å². The van der Waals surface area contributed by atoms with Crippen LogP contribution < -0.4 is 5.48 Å². The molecule has 0 spiro atoms. The van der Waals surface area contributed by atoms with Crippen molar-refractivity contribution in [3.8, 4) is 0 Å². The predicted octanol–water partition coefficient (Wildman–Crippen LogP) is 2.04. The normalized spacial score (nSPS) is 10.1. The summed E-state index contributed by atoms with van der Waals surface area (Å²) in [5.41, 5.74) is 2.85. The fraction of sp³-hybridized carbons (Fsp3) is 0. The molecule has 1 aromatic heterocycles. The van der Waals surface area contributed by atoms with Gasteiger partial charge in [0.2, 0.25) is 0 Å². The van der Waals surface area contributed by atoms with Crippen molar-refractivity contribution in [3.63, 3.8) is 0 Å². The van der Waals surface area contributed by atoms with Crippen molar-refractivity contribution in [2.24, 2.45) is 0 Å². The Morgan fingerprint density at radius 1 is 1.25 bits per heavy atom. The van der Waals surface area contributed by atoms with Crippen LogP contribution >= 0.6 is 0 Å². The lowest BCUT2D eigenvalue weighted by molar-refractivity contribution is 0.390. The molecule has 2 N–H and O–H groups in total. The summed E-state index contributed by atoms with van der Waals surface area (Å²) in [4.78, 5) is 3.98. The number of benzene rings is 1. The van der Waals surface area contributed by atoms with Gasteiger partial charge in [0.15, 0.2) is 0 Å². The summed E-state index contributed by atoms with van der Waals surface area (Å²) in [6.07, 6.45) is 3.46. The molecule has 12 heavy (non-hydrogen) atoms. The van der Waals surface area contributed by atoms with Crippen LogP contribution in [0.15, 0.2) is 36.7 Å². The summed E-state index contributed by atoms with van der Waals surface area (Å²) in [6, 6.07) is 7.47. The van der Waals surface area contributed by atoms with Crippen molar-refractivity contribution < 1.29 is 5.21 Å². The first kappa shape index (κ1) is 7.06. The van der Waals surface area contributed by atoms with E-state index in [4.69, 9.17) is 5.21 Å². The van der Waals surface area contributed by atoms with Gasteiger partial charge in [0.1, 0.15) is 0 Å². The lowest BCUT2D eigenvalue weighted by Gasteiger charge is -2.02. The number of rotatable bonds is 1. The van der Waals surface area contributed by atoms with Crippen molar-refractivity contribution in [2.75, 3.05) is 5.48 Å². The Morgan fingerprint density at radius 2 is 2.17 bits per heavy atom. The van der Waals surface area contributed by atoms with E-state index in [0.29, 0.717) is 5.69 Å². The Bertz CT molecular complexity index is 395. The molecule has 1 aromatic carbocycles. The van der Waals surface area contributed by atoms with Crippen LogP contribution in [0.4, 0.5) is 5.69 Å². The van der Waals surface area contributed by atoms with Crippen LogP contribution in [0.1, 0.15) is 0 Å². The van der Waals surface area contributed by atoms with Gasteiger partial charge >= 0.3 is 0 Å². The number of anilines is 1. The highest BCUT2D eigenvalue weighted by atomic mass is 16.5. The second-order valence-corrected chi connectivity index (χ2v) is 2.51. The van der Waals surface area contributed by atoms with E-state index in [1.54, 1.807) is 12.4 Å². The lowest BCUT2D eigenvalue weighted by Crippen LogP contribution is -1.89. The van der Waals surface area contributed by atoms with Gasteiger partial charge in [-0.1, -0.05) is 12.1 Å². The van der Waals surface area contributed by atoms with Crippen molar-refractivity contribution in [1.29, 1.82) is 0 Å². The van der Waals surface area contributed by atoms with Crippen LogP contribution in [0, 0.1) is 0 Å². The number of pyridine rings is 1. The maximum atomic E-state index is 8.77. The molecule has 2 aromatic rings. The fourth-order valence-corrected chi connectivity index (χ4v) is 1.22. The van der Waals surface area contributed by atoms with Crippen molar-refractivity contribution >= 4 is 16.5 Å². The average molecular weight is 160 g/mol. The number of nitrogens with one attached hydrogen (secondary N) is 1. The zero-order valence-electron chi connectivity index (χ0n) is 6.36. The van der Waals surface area contributed by atoms with Crippen LogP contribution in [0.2, 0.25) is 0 Å². The highest BCUT2D eigenvalue weighted by molar-refractivity contribution is 5.92. The molecule has 2 rings (SSSR count). The number of aromatic nitrogens is 1. The standard InChI is InChI=1S/C9H8N2O/c12-11-9-3-1-2-7-6-10-5-4-8(7)9/h1-6,11-12H. The van der Waals surface area contributed by atoms with Gasteiger partial charge in [-0.15, -0.1) is 0 Å². The topological polar surface area (TPSA) is 45.1 Å². The maximum Gasteiger partial charge on any atom is 0.0681 e. The minimum Gasteiger partial charge on any atom is -0.291 e. The van der Waals surface area contributed by atoms with Crippen LogP contribution in [0.5, 0.6) is 0 Å². The minimum atomic E-state index is 0.704. The largest absolute Gasteiger partial charge is 0.291 e. The zero-order chi connectivity index (χ0) is 8.39. The van der Waals surface area contributed by atoms with E-state index in [2.05, 4.69) is 10.5 Å². The third-order valence-corrected chi connectivity index (χ3v) is 1.80. The molecule has 0 saturated carbocycles. The quantitative estimate of drug-likeness (QED) is 0.627. The average Bonchev–Trinajstić information content (AvgIpc) is 2.17. The highest BCUT2D eigenvalue weighted by Crippen LogP contribution is 2.20. The fourth-order valence-electron chi connectivity index (χ4n) is 1.22. The van der Waals surface area contributed by atoms with Crippen LogP contribution in [0.3, 0.4) is 0 Å². The molecule has 0 radical (unpaired) electrons. The van der Waals surface area contributed by atoms with Gasteiger partial charge in [-0.25, -0.2) is 0 Å². The molecular weight excluding hydrogens is 152 g/mol.